The summed E-state index contributed by atoms with van der Waals surface area (Å²) in [5, 5.41) is 0. The Balaban J connectivity index is 1.37. The lowest BCUT2D eigenvalue weighted by molar-refractivity contribution is 0.122. The summed E-state index contributed by atoms with van der Waals surface area (Å²) < 4.78 is 5.42. The first-order valence-corrected chi connectivity index (χ1v) is 9.41. The fraction of sp³-hybridized carbons (Fsp3) is 0.526. The molecule has 0 N–H and O–H groups in total. The third-order valence-electron chi connectivity index (χ3n) is 4.94. The SMILES string of the molecule is c1ccc(N2CCCN(Cc3ccnc(N4CCOCC4)n3)CC2)nc1. The van der Waals surface area contributed by atoms with Crippen molar-refractivity contribution in [3.05, 3.63) is 42.4 Å². The summed E-state index contributed by atoms with van der Waals surface area (Å²) in [5.74, 6) is 1.90. The highest BCUT2D eigenvalue weighted by atomic mass is 16.5. The summed E-state index contributed by atoms with van der Waals surface area (Å²) in [4.78, 5) is 20.8. The van der Waals surface area contributed by atoms with E-state index < -0.39 is 0 Å². The maximum atomic E-state index is 5.42. The molecule has 4 heterocycles. The fourth-order valence-electron chi connectivity index (χ4n) is 3.52. The van der Waals surface area contributed by atoms with Gasteiger partial charge in [0.05, 0.1) is 18.9 Å². The molecular formula is C19H26N6O. The molecule has 0 unspecified atom stereocenters. The van der Waals surface area contributed by atoms with Gasteiger partial charge in [0.1, 0.15) is 5.82 Å². The van der Waals surface area contributed by atoms with E-state index >= 15 is 0 Å². The molecule has 0 aromatic carbocycles. The van der Waals surface area contributed by atoms with Crippen LogP contribution in [0.2, 0.25) is 0 Å². The van der Waals surface area contributed by atoms with E-state index in [1.807, 2.05) is 24.5 Å². The van der Waals surface area contributed by atoms with E-state index in [1.165, 1.54) is 0 Å². The molecule has 4 rings (SSSR count). The van der Waals surface area contributed by atoms with Crippen molar-refractivity contribution in [2.45, 2.75) is 13.0 Å². The number of morpholine rings is 1. The second-order valence-electron chi connectivity index (χ2n) is 6.75. The average Bonchev–Trinajstić information content (AvgIpc) is 2.95. The van der Waals surface area contributed by atoms with Gasteiger partial charge in [0.25, 0.3) is 0 Å². The Morgan fingerprint density at radius 2 is 1.77 bits per heavy atom. The molecule has 0 atom stereocenters. The third kappa shape index (κ3) is 4.28. The summed E-state index contributed by atoms with van der Waals surface area (Å²) in [6.45, 7) is 8.27. The Bertz CT molecular complexity index is 691. The molecule has 138 valence electrons. The van der Waals surface area contributed by atoms with Crippen molar-refractivity contribution in [2.75, 3.05) is 62.3 Å². The van der Waals surface area contributed by atoms with Crippen LogP contribution in [0.5, 0.6) is 0 Å². The largest absolute Gasteiger partial charge is 0.378 e. The molecule has 7 nitrogen and oxygen atoms in total. The van der Waals surface area contributed by atoms with Gasteiger partial charge in [-0.15, -0.1) is 0 Å². The molecule has 0 radical (unpaired) electrons. The van der Waals surface area contributed by atoms with Gasteiger partial charge < -0.3 is 14.5 Å². The molecule has 2 aromatic heterocycles. The summed E-state index contributed by atoms with van der Waals surface area (Å²) in [7, 11) is 0. The van der Waals surface area contributed by atoms with E-state index in [4.69, 9.17) is 9.72 Å². The predicted octanol–water partition coefficient (Wildman–Crippen LogP) is 1.42. The number of ether oxygens (including phenoxy) is 1. The summed E-state index contributed by atoms with van der Waals surface area (Å²) in [6, 6.07) is 8.15. The van der Waals surface area contributed by atoms with E-state index in [1.54, 1.807) is 0 Å². The minimum atomic E-state index is 0.753. The van der Waals surface area contributed by atoms with E-state index in [-0.39, 0.29) is 0 Å². The number of anilines is 2. The van der Waals surface area contributed by atoms with Gasteiger partial charge in [-0.05, 0) is 24.6 Å². The smallest absolute Gasteiger partial charge is 0.225 e. The standard InChI is InChI=1S/C19H26N6O/c1-2-6-20-18(4-1)24-9-3-8-23(10-11-24)16-17-5-7-21-19(22-17)25-12-14-26-15-13-25/h1-2,4-7H,3,8-16H2. The number of nitrogens with zero attached hydrogens (tertiary/aromatic N) is 6. The Kier molecular flexibility index (Phi) is 5.56. The van der Waals surface area contributed by atoms with Crippen LogP contribution < -0.4 is 9.80 Å². The van der Waals surface area contributed by atoms with E-state index in [0.29, 0.717) is 0 Å². The lowest BCUT2D eigenvalue weighted by atomic mass is 10.3. The number of hydrogen-bond donors (Lipinski definition) is 0. The molecule has 0 aliphatic carbocycles. The van der Waals surface area contributed by atoms with Crippen molar-refractivity contribution in [2.24, 2.45) is 0 Å². The molecule has 26 heavy (non-hydrogen) atoms. The van der Waals surface area contributed by atoms with Crippen LogP contribution in [0.25, 0.3) is 0 Å². The molecule has 2 saturated heterocycles. The molecule has 0 bridgehead atoms. The maximum absolute atomic E-state index is 5.42. The van der Waals surface area contributed by atoms with Crippen LogP contribution in [-0.4, -0.2) is 72.3 Å². The second kappa shape index (κ2) is 8.42. The highest BCUT2D eigenvalue weighted by Crippen LogP contribution is 2.15. The van der Waals surface area contributed by atoms with Gasteiger partial charge in [-0.25, -0.2) is 15.0 Å². The van der Waals surface area contributed by atoms with E-state index in [0.717, 1.165) is 82.9 Å². The molecular weight excluding hydrogens is 328 g/mol. The Morgan fingerprint density at radius 3 is 2.62 bits per heavy atom. The maximum Gasteiger partial charge on any atom is 0.225 e. The topological polar surface area (TPSA) is 57.6 Å². The number of hydrogen-bond acceptors (Lipinski definition) is 7. The van der Waals surface area contributed by atoms with Gasteiger partial charge in [0.2, 0.25) is 5.95 Å². The van der Waals surface area contributed by atoms with Crippen LogP contribution in [0.3, 0.4) is 0 Å². The fourth-order valence-corrected chi connectivity index (χ4v) is 3.52. The lowest BCUT2D eigenvalue weighted by Gasteiger charge is -2.27. The monoisotopic (exact) mass is 354 g/mol. The van der Waals surface area contributed by atoms with E-state index in [2.05, 4.69) is 36.8 Å². The molecule has 2 aromatic rings. The third-order valence-corrected chi connectivity index (χ3v) is 4.94. The zero-order chi connectivity index (χ0) is 17.6. The van der Waals surface area contributed by atoms with E-state index in [9.17, 15) is 0 Å². The van der Waals surface area contributed by atoms with Crippen molar-refractivity contribution in [3.63, 3.8) is 0 Å². The van der Waals surface area contributed by atoms with Gasteiger partial charge in [0.15, 0.2) is 0 Å². The predicted molar refractivity (Wildman–Crippen MR) is 101 cm³/mol. The Morgan fingerprint density at radius 1 is 0.846 bits per heavy atom. The minimum absolute atomic E-state index is 0.753. The number of pyridine rings is 1. The summed E-state index contributed by atoms with van der Waals surface area (Å²) in [5.41, 5.74) is 1.09. The molecule has 0 saturated carbocycles. The molecule has 7 heteroatoms. The van der Waals surface area contributed by atoms with Crippen LogP contribution in [0, 0.1) is 0 Å². The van der Waals surface area contributed by atoms with Crippen LogP contribution in [0.1, 0.15) is 12.1 Å². The van der Waals surface area contributed by atoms with Gasteiger partial charge in [-0.3, -0.25) is 4.90 Å². The van der Waals surface area contributed by atoms with Crippen LogP contribution in [0.4, 0.5) is 11.8 Å². The van der Waals surface area contributed by atoms with Crippen LogP contribution in [-0.2, 0) is 11.3 Å². The van der Waals surface area contributed by atoms with Crippen molar-refractivity contribution < 1.29 is 4.74 Å². The average molecular weight is 354 g/mol. The zero-order valence-electron chi connectivity index (χ0n) is 15.1. The molecule has 0 spiro atoms. The van der Waals surface area contributed by atoms with Gasteiger partial charge in [0, 0.05) is 58.2 Å². The Labute approximate surface area is 154 Å². The highest BCUT2D eigenvalue weighted by molar-refractivity contribution is 5.37. The minimum Gasteiger partial charge on any atom is -0.378 e. The first-order chi connectivity index (χ1) is 12.9. The van der Waals surface area contributed by atoms with Gasteiger partial charge in [-0.1, -0.05) is 6.07 Å². The highest BCUT2D eigenvalue weighted by Gasteiger charge is 2.18. The van der Waals surface area contributed by atoms with Crippen molar-refractivity contribution in [3.8, 4) is 0 Å². The van der Waals surface area contributed by atoms with Gasteiger partial charge in [-0.2, -0.15) is 0 Å². The summed E-state index contributed by atoms with van der Waals surface area (Å²) >= 11 is 0. The lowest BCUT2D eigenvalue weighted by Crippen LogP contribution is -2.37. The molecule has 2 fully saturated rings. The van der Waals surface area contributed by atoms with Crippen molar-refractivity contribution in [1.29, 1.82) is 0 Å². The number of rotatable bonds is 4. The van der Waals surface area contributed by atoms with Crippen LogP contribution >= 0.6 is 0 Å². The molecule has 2 aliphatic rings. The normalized spacial score (nSPS) is 19.4. The van der Waals surface area contributed by atoms with Crippen molar-refractivity contribution >= 4 is 11.8 Å². The molecule has 2 aliphatic heterocycles. The number of aromatic nitrogens is 3. The Hall–Kier alpha value is -2.25. The summed E-state index contributed by atoms with van der Waals surface area (Å²) in [6.07, 6.45) is 4.88. The molecule has 0 amide bonds. The zero-order valence-corrected chi connectivity index (χ0v) is 15.1. The quantitative estimate of drug-likeness (QED) is 0.823. The second-order valence-corrected chi connectivity index (χ2v) is 6.75. The van der Waals surface area contributed by atoms with Gasteiger partial charge >= 0.3 is 0 Å². The van der Waals surface area contributed by atoms with Crippen LogP contribution in [0.15, 0.2) is 36.7 Å². The first kappa shape index (κ1) is 17.2. The van der Waals surface area contributed by atoms with Crippen molar-refractivity contribution in [1.82, 2.24) is 19.9 Å². The first-order valence-electron chi connectivity index (χ1n) is 9.41.